The lowest BCUT2D eigenvalue weighted by atomic mass is 10.1. The van der Waals surface area contributed by atoms with Crippen molar-refractivity contribution in [2.75, 3.05) is 18.8 Å². The summed E-state index contributed by atoms with van der Waals surface area (Å²) in [6, 6.07) is 17.2. The minimum Gasteiger partial charge on any atom is -0.354 e. The number of hydrogen-bond acceptors (Lipinski definition) is 3. The van der Waals surface area contributed by atoms with E-state index in [4.69, 9.17) is 11.6 Å². The summed E-state index contributed by atoms with van der Waals surface area (Å²) in [5.74, 6) is 1.26. The minimum absolute atomic E-state index is 0.0230. The molecule has 0 heterocycles. The van der Waals surface area contributed by atoms with E-state index >= 15 is 0 Å². The Kier molecular flexibility index (Phi) is 10.2. The van der Waals surface area contributed by atoms with E-state index in [1.54, 1.807) is 11.8 Å². The van der Waals surface area contributed by atoms with Gasteiger partial charge >= 0.3 is 0 Å². The first-order valence-electron chi connectivity index (χ1n) is 10.3. The highest BCUT2D eigenvalue weighted by Gasteiger charge is 2.25. The Hall–Kier alpha value is -1.98. The molecule has 1 N–H and O–H groups in total. The van der Waals surface area contributed by atoms with E-state index in [9.17, 15) is 9.59 Å². The third-order valence-corrected chi connectivity index (χ3v) is 5.94. The summed E-state index contributed by atoms with van der Waals surface area (Å²) in [4.78, 5) is 27.3. The van der Waals surface area contributed by atoms with Crippen LogP contribution in [0.15, 0.2) is 54.6 Å². The molecule has 30 heavy (non-hydrogen) atoms. The van der Waals surface area contributed by atoms with E-state index in [0.717, 1.165) is 11.1 Å². The van der Waals surface area contributed by atoms with Crippen molar-refractivity contribution in [3.8, 4) is 0 Å². The maximum atomic E-state index is 13.0. The molecule has 0 bridgehead atoms. The molecule has 1 atom stereocenters. The molecule has 0 aliphatic rings. The Morgan fingerprint density at radius 1 is 1.03 bits per heavy atom. The van der Waals surface area contributed by atoms with Crippen LogP contribution in [-0.4, -0.2) is 41.6 Å². The van der Waals surface area contributed by atoms with Crippen molar-refractivity contribution in [2.45, 2.75) is 39.0 Å². The molecule has 0 radical (unpaired) electrons. The second-order valence-electron chi connectivity index (χ2n) is 7.76. The van der Waals surface area contributed by atoms with Crippen LogP contribution in [0.25, 0.3) is 0 Å². The Labute approximate surface area is 189 Å². The van der Waals surface area contributed by atoms with E-state index in [0.29, 0.717) is 42.0 Å². The van der Waals surface area contributed by atoms with Crippen LogP contribution in [0.1, 0.15) is 31.9 Å². The number of carbonyl (C=O) groups excluding carboxylic acids is 2. The van der Waals surface area contributed by atoms with Gasteiger partial charge in [-0.1, -0.05) is 67.9 Å². The molecule has 6 heteroatoms. The van der Waals surface area contributed by atoms with E-state index in [-0.39, 0.29) is 11.8 Å². The summed E-state index contributed by atoms with van der Waals surface area (Å²) in [6.45, 7) is 7.02. The van der Waals surface area contributed by atoms with Gasteiger partial charge in [0.1, 0.15) is 6.04 Å². The average Bonchev–Trinajstić information content (AvgIpc) is 2.72. The van der Waals surface area contributed by atoms with Crippen LogP contribution in [0.2, 0.25) is 5.02 Å². The van der Waals surface area contributed by atoms with Crippen molar-refractivity contribution in [1.29, 1.82) is 0 Å². The molecule has 1 unspecified atom stereocenters. The second kappa shape index (κ2) is 12.7. The third-order valence-electron chi connectivity index (χ3n) is 4.72. The van der Waals surface area contributed by atoms with Crippen LogP contribution in [0.3, 0.4) is 0 Å². The first-order chi connectivity index (χ1) is 14.4. The van der Waals surface area contributed by atoms with Gasteiger partial charge in [0.15, 0.2) is 0 Å². The molecule has 0 aromatic heterocycles. The van der Waals surface area contributed by atoms with E-state index in [1.807, 2.05) is 54.6 Å². The van der Waals surface area contributed by atoms with Gasteiger partial charge in [0.05, 0.1) is 5.75 Å². The third kappa shape index (κ3) is 8.41. The number of thioether (sulfide) groups is 1. The minimum atomic E-state index is -0.508. The fraction of sp³-hybridized carbons (Fsp3) is 0.417. The van der Waals surface area contributed by atoms with Crippen molar-refractivity contribution in [1.82, 2.24) is 10.2 Å². The number of rotatable bonds is 11. The van der Waals surface area contributed by atoms with Crippen LogP contribution >= 0.6 is 23.4 Å². The normalized spacial score (nSPS) is 11.9. The van der Waals surface area contributed by atoms with Gasteiger partial charge in [-0.2, -0.15) is 0 Å². The molecule has 2 amide bonds. The Bertz CT molecular complexity index is 814. The number of hydrogen-bond donors (Lipinski definition) is 1. The van der Waals surface area contributed by atoms with E-state index < -0.39 is 6.04 Å². The molecule has 2 aromatic rings. The van der Waals surface area contributed by atoms with Gasteiger partial charge in [-0.15, -0.1) is 11.8 Å². The molecule has 4 nitrogen and oxygen atoms in total. The van der Waals surface area contributed by atoms with Gasteiger partial charge in [-0.3, -0.25) is 9.59 Å². The van der Waals surface area contributed by atoms with Crippen molar-refractivity contribution >= 4 is 35.2 Å². The van der Waals surface area contributed by atoms with Crippen molar-refractivity contribution in [3.05, 3.63) is 70.7 Å². The molecule has 0 fully saturated rings. The zero-order valence-corrected chi connectivity index (χ0v) is 19.5. The molecule has 2 aromatic carbocycles. The molecule has 0 spiro atoms. The number of nitrogens with one attached hydrogen (secondary N) is 1. The maximum absolute atomic E-state index is 13.0. The van der Waals surface area contributed by atoms with Crippen molar-refractivity contribution in [2.24, 2.45) is 5.92 Å². The highest BCUT2D eigenvalue weighted by Crippen LogP contribution is 2.18. The fourth-order valence-corrected chi connectivity index (χ4v) is 4.06. The van der Waals surface area contributed by atoms with Gasteiger partial charge in [0.25, 0.3) is 0 Å². The topological polar surface area (TPSA) is 49.4 Å². The zero-order chi connectivity index (χ0) is 21.9. The van der Waals surface area contributed by atoms with Gasteiger partial charge in [0, 0.05) is 23.9 Å². The smallest absolute Gasteiger partial charge is 0.242 e. The summed E-state index contributed by atoms with van der Waals surface area (Å²) in [5.41, 5.74) is 2.23. The number of benzene rings is 2. The van der Waals surface area contributed by atoms with E-state index in [1.165, 1.54) is 11.8 Å². The number of halogens is 1. The highest BCUT2D eigenvalue weighted by atomic mass is 35.5. The number of carbonyl (C=O) groups is 2. The summed E-state index contributed by atoms with van der Waals surface area (Å²) in [7, 11) is 0. The molecular weight excluding hydrogens is 416 g/mol. The average molecular weight is 447 g/mol. The largest absolute Gasteiger partial charge is 0.354 e. The first-order valence-corrected chi connectivity index (χ1v) is 11.8. The van der Waals surface area contributed by atoms with Crippen LogP contribution in [-0.2, 0) is 21.8 Å². The highest BCUT2D eigenvalue weighted by molar-refractivity contribution is 7.99. The van der Waals surface area contributed by atoms with Crippen LogP contribution in [0, 0.1) is 5.92 Å². The molecule has 2 rings (SSSR count). The molecule has 0 aliphatic carbocycles. The fourth-order valence-electron chi connectivity index (χ4n) is 2.99. The molecule has 0 saturated carbocycles. The Morgan fingerprint density at radius 3 is 2.40 bits per heavy atom. The van der Waals surface area contributed by atoms with Crippen LogP contribution in [0.4, 0.5) is 0 Å². The van der Waals surface area contributed by atoms with Crippen molar-refractivity contribution in [3.63, 3.8) is 0 Å². The lowest BCUT2D eigenvalue weighted by molar-refractivity contribution is -0.138. The van der Waals surface area contributed by atoms with Gasteiger partial charge < -0.3 is 10.2 Å². The summed E-state index contributed by atoms with van der Waals surface area (Å²) in [6.07, 6.45) is 0.716. The predicted molar refractivity (Wildman–Crippen MR) is 127 cm³/mol. The second-order valence-corrected chi connectivity index (χ2v) is 9.18. The lowest BCUT2D eigenvalue weighted by Gasteiger charge is -2.29. The number of amides is 2. The Balaban J connectivity index is 1.98. The first kappa shape index (κ1) is 24.3. The predicted octanol–water partition coefficient (Wildman–Crippen LogP) is 4.81. The van der Waals surface area contributed by atoms with Crippen LogP contribution in [0.5, 0.6) is 0 Å². The number of nitrogens with zero attached hydrogens (tertiary/aromatic N) is 1. The molecule has 0 aliphatic heterocycles. The summed E-state index contributed by atoms with van der Waals surface area (Å²) >= 11 is 7.57. The van der Waals surface area contributed by atoms with Gasteiger partial charge in [-0.25, -0.2) is 0 Å². The monoisotopic (exact) mass is 446 g/mol. The standard InChI is InChI=1S/C24H31ClN2O2S/c1-18(2)15-26-24(29)19(3)27(13-12-20-8-5-4-6-9-20)23(28)17-30-16-21-10-7-11-22(25)14-21/h4-11,14,18-19H,12-13,15-17H2,1-3H3,(H,26,29). The van der Waals surface area contributed by atoms with Crippen molar-refractivity contribution < 1.29 is 9.59 Å². The Morgan fingerprint density at radius 2 is 1.73 bits per heavy atom. The van der Waals surface area contributed by atoms with Crippen LogP contribution < -0.4 is 5.32 Å². The van der Waals surface area contributed by atoms with Gasteiger partial charge in [0.2, 0.25) is 11.8 Å². The maximum Gasteiger partial charge on any atom is 0.242 e. The molecular formula is C24H31ClN2O2S. The van der Waals surface area contributed by atoms with Gasteiger partial charge in [-0.05, 0) is 42.5 Å². The molecule has 0 saturated heterocycles. The zero-order valence-electron chi connectivity index (χ0n) is 17.9. The quantitative estimate of drug-likeness (QED) is 0.539. The summed E-state index contributed by atoms with van der Waals surface area (Å²) < 4.78 is 0. The molecule has 162 valence electrons. The SMILES string of the molecule is CC(C)CNC(=O)C(C)N(CCc1ccccc1)C(=O)CSCc1cccc(Cl)c1. The van der Waals surface area contributed by atoms with E-state index in [2.05, 4.69) is 19.2 Å². The lowest BCUT2D eigenvalue weighted by Crippen LogP contribution is -2.50. The summed E-state index contributed by atoms with van der Waals surface area (Å²) in [5, 5.41) is 3.64.